The van der Waals surface area contributed by atoms with E-state index in [0.717, 1.165) is 0 Å². The van der Waals surface area contributed by atoms with Gasteiger partial charge in [-0.3, -0.25) is 4.79 Å². The van der Waals surface area contributed by atoms with E-state index < -0.39 is 11.9 Å². The van der Waals surface area contributed by atoms with E-state index in [-0.39, 0.29) is 23.0 Å². The summed E-state index contributed by atoms with van der Waals surface area (Å²) in [5.41, 5.74) is 1.87. The van der Waals surface area contributed by atoms with Crippen molar-refractivity contribution < 1.29 is 28.3 Å². The van der Waals surface area contributed by atoms with Crippen LogP contribution < -0.4 is 0 Å². The van der Waals surface area contributed by atoms with Crippen LogP contribution >= 0.6 is 11.6 Å². The first-order valence-corrected chi connectivity index (χ1v) is 8.59. The topological polar surface area (TPSA) is 82.8 Å². The molecule has 0 saturated heterocycles. The van der Waals surface area contributed by atoms with Crippen molar-refractivity contribution in [3.63, 3.8) is 0 Å². The Morgan fingerprint density at radius 3 is 2.43 bits per heavy atom. The van der Waals surface area contributed by atoms with Gasteiger partial charge in [-0.1, -0.05) is 23.7 Å². The molecule has 0 bridgehead atoms. The molecular formula is C21H15ClO6. The SMILES string of the molecule is COC(=O)c1ccc(COC(=O)c2cc(-c3ccc(C=O)o3)ccc2Cl)cc1. The van der Waals surface area contributed by atoms with Crippen molar-refractivity contribution in [3.8, 4) is 11.3 Å². The normalized spacial score (nSPS) is 10.4. The van der Waals surface area contributed by atoms with Crippen LogP contribution in [0.4, 0.5) is 0 Å². The summed E-state index contributed by atoms with van der Waals surface area (Å²) in [6.07, 6.45) is 0.597. The number of furan rings is 1. The number of carbonyl (C=O) groups is 3. The number of carbonyl (C=O) groups excluding carboxylic acids is 3. The lowest BCUT2D eigenvalue weighted by Gasteiger charge is -2.08. The molecule has 3 aromatic rings. The number of ether oxygens (including phenoxy) is 2. The Balaban J connectivity index is 1.72. The second-order valence-electron chi connectivity index (χ2n) is 5.78. The highest BCUT2D eigenvalue weighted by Crippen LogP contribution is 2.27. The largest absolute Gasteiger partial charge is 0.465 e. The first kappa shape index (κ1) is 19.4. The van der Waals surface area contributed by atoms with Crippen LogP contribution in [0.5, 0.6) is 0 Å². The van der Waals surface area contributed by atoms with Crippen LogP contribution in [-0.4, -0.2) is 25.3 Å². The summed E-state index contributed by atoms with van der Waals surface area (Å²) in [5.74, 6) is -0.426. The highest BCUT2D eigenvalue weighted by atomic mass is 35.5. The third-order valence-electron chi connectivity index (χ3n) is 3.96. The lowest BCUT2D eigenvalue weighted by atomic mass is 10.1. The Hall–Kier alpha value is -3.38. The van der Waals surface area contributed by atoms with Gasteiger partial charge in [-0.05, 0) is 48.0 Å². The van der Waals surface area contributed by atoms with E-state index in [9.17, 15) is 14.4 Å². The molecule has 0 aliphatic rings. The van der Waals surface area contributed by atoms with Gasteiger partial charge in [0.1, 0.15) is 12.4 Å². The second-order valence-corrected chi connectivity index (χ2v) is 6.19. The van der Waals surface area contributed by atoms with Crippen molar-refractivity contribution in [1.82, 2.24) is 0 Å². The van der Waals surface area contributed by atoms with Gasteiger partial charge in [0.25, 0.3) is 0 Å². The van der Waals surface area contributed by atoms with Crippen molar-refractivity contribution in [2.45, 2.75) is 6.61 Å². The summed E-state index contributed by atoms with van der Waals surface area (Å²) in [5, 5.41) is 0.233. The smallest absolute Gasteiger partial charge is 0.340 e. The summed E-state index contributed by atoms with van der Waals surface area (Å²) in [6, 6.07) is 14.5. The van der Waals surface area contributed by atoms with Crippen LogP contribution in [-0.2, 0) is 16.1 Å². The molecule has 0 aliphatic carbocycles. The summed E-state index contributed by atoms with van der Waals surface area (Å²) in [6.45, 7) is 0.0108. The summed E-state index contributed by atoms with van der Waals surface area (Å²) in [4.78, 5) is 34.6. The fourth-order valence-corrected chi connectivity index (χ4v) is 2.68. The minimum absolute atomic E-state index is 0.0108. The fourth-order valence-electron chi connectivity index (χ4n) is 2.49. The zero-order valence-corrected chi connectivity index (χ0v) is 15.6. The molecule has 0 atom stereocenters. The average Bonchev–Trinajstić information content (AvgIpc) is 3.21. The Morgan fingerprint density at radius 2 is 1.79 bits per heavy atom. The Morgan fingerprint density at radius 1 is 1.04 bits per heavy atom. The molecule has 1 aromatic heterocycles. The zero-order valence-electron chi connectivity index (χ0n) is 14.8. The number of rotatable bonds is 6. The van der Waals surface area contributed by atoms with Gasteiger partial charge in [-0.2, -0.15) is 0 Å². The van der Waals surface area contributed by atoms with Crippen molar-refractivity contribution in [3.05, 3.63) is 82.1 Å². The Kier molecular flexibility index (Phi) is 5.91. The third-order valence-corrected chi connectivity index (χ3v) is 4.29. The van der Waals surface area contributed by atoms with E-state index in [1.165, 1.54) is 13.2 Å². The van der Waals surface area contributed by atoms with Gasteiger partial charge in [0.05, 0.1) is 23.3 Å². The van der Waals surface area contributed by atoms with Crippen LogP contribution in [0, 0.1) is 0 Å². The predicted molar refractivity (Wildman–Crippen MR) is 101 cm³/mol. The quantitative estimate of drug-likeness (QED) is 0.447. The number of esters is 2. The molecule has 7 heteroatoms. The second kappa shape index (κ2) is 8.54. The molecule has 3 rings (SSSR count). The van der Waals surface area contributed by atoms with Gasteiger partial charge in [0.15, 0.2) is 12.0 Å². The third kappa shape index (κ3) is 4.29. The average molecular weight is 399 g/mol. The van der Waals surface area contributed by atoms with Gasteiger partial charge in [-0.25, -0.2) is 9.59 Å². The standard InChI is InChI=1S/C21H15ClO6/c1-26-20(24)14-4-2-13(3-5-14)12-27-21(25)17-10-15(6-8-18(17)22)19-9-7-16(11-23)28-19/h2-11H,12H2,1H3. The Bertz CT molecular complexity index is 1020. The Labute approximate surface area is 165 Å². The number of hydrogen-bond donors (Lipinski definition) is 0. The van der Waals surface area contributed by atoms with Crippen molar-refractivity contribution in [2.24, 2.45) is 0 Å². The highest BCUT2D eigenvalue weighted by Gasteiger charge is 2.15. The van der Waals surface area contributed by atoms with E-state index >= 15 is 0 Å². The van der Waals surface area contributed by atoms with E-state index in [4.69, 9.17) is 20.8 Å². The lowest BCUT2D eigenvalue weighted by molar-refractivity contribution is 0.0471. The highest BCUT2D eigenvalue weighted by molar-refractivity contribution is 6.33. The number of halogens is 1. The van der Waals surface area contributed by atoms with Gasteiger partial charge < -0.3 is 13.9 Å². The molecule has 0 fully saturated rings. The van der Waals surface area contributed by atoms with Crippen LogP contribution in [0.1, 0.15) is 36.8 Å². The molecular weight excluding hydrogens is 384 g/mol. The number of aldehydes is 1. The fraction of sp³-hybridized carbons (Fsp3) is 0.0952. The molecule has 2 aromatic carbocycles. The molecule has 28 heavy (non-hydrogen) atoms. The van der Waals surface area contributed by atoms with Crippen LogP contribution in [0.3, 0.4) is 0 Å². The maximum atomic E-state index is 12.4. The van der Waals surface area contributed by atoms with Gasteiger partial charge in [0.2, 0.25) is 0 Å². The minimum atomic E-state index is -0.605. The van der Waals surface area contributed by atoms with E-state index in [1.807, 2.05) is 0 Å². The van der Waals surface area contributed by atoms with Crippen LogP contribution in [0.2, 0.25) is 5.02 Å². The molecule has 0 unspecified atom stereocenters. The first-order chi connectivity index (χ1) is 13.5. The van der Waals surface area contributed by atoms with E-state index in [0.29, 0.717) is 28.7 Å². The van der Waals surface area contributed by atoms with E-state index in [2.05, 4.69) is 4.74 Å². The molecule has 0 saturated carbocycles. The molecule has 0 N–H and O–H groups in total. The maximum Gasteiger partial charge on any atom is 0.340 e. The number of hydrogen-bond acceptors (Lipinski definition) is 6. The van der Waals surface area contributed by atoms with Crippen LogP contribution in [0.25, 0.3) is 11.3 Å². The summed E-state index contributed by atoms with van der Waals surface area (Å²) < 4.78 is 15.3. The molecule has 6 nitrogen and oxygen atoms in total. The summed E-state index contributed by atoms with van der Waals surface area (Å²) in [7, 11) is 1.30. The maximum absolute atomic E-state index is 12.4. The van der Waals surface area contributed by atoms with Crippen molar-refractivity contribution in [1.29, 1.82) is 0 Å². The number of methoxy groups -OCH3 is 1. The zero-order chi connectivity index (χ0) is 20.1. The first-order valence-electron chi connectivity index (χ1n) is 8.21. The monoisotopic (exact) mass is 398 g/mol. The molecule has 0 amide bonds. The predicted octanol–water partition coefficient (Wildman–Crippen LogP) is 4.56. The lowest BCUT2D eigenvalue weighted by Crippen LogP contribution is -2.07. The molecule has 142 valence electrons. The van der Waals surface area contributed by atoms with Crippen molar-refractivity contribution >= 4 is 29.8 Å². The van der Waals surface area contributed by atoms with Crippen molar-refractivity contribution in [2.75, 3.05) is 7.11 Å². The van der Waals surface area contributed by atoms with Gasteiger partial charge >= 0.3 is 11.9 Å². The minimum Gasteiger partial charge on any atom is -0.465 e. The summed E-state index contributed by atoms with van der Waals surface area (Å²) >= 11 is 6.13. The van der Waals surface area contributed by atoms with E-state index in [1.54, 1.807) is 48.5 Å². The van der Waals surface area contributed by atoms with Gasteiger partial charge in [-0.15, -0.1) is 0 Å². The molecule has 0 spiro atoms. The van der Waals surface area contributed by atoms with Crippen LogP contribution in [0.15, 0.2) is 59.0 Å². The molecule has 1 heterocycles. The molecule has 0 aliphatic heterocycles. The van der Waals surface area contributed by atoms with Gasteiger partial charge in [0, 0.05) is 5.56 Å². The molecule has 0 radical (unpaired) electrons. The number of benzene rings is 2.